The zero-order chi connectivity index (χ0) is 18.4. The second kappa shape index (κ2) is 8.60. The quantitative estimate of drug-likeness (QED) is 0.466. The van der Waals surface area contributed by atoms with Crippen molar-refractivity contribution in [1.82, 2.24) is 0 Å². The van der Waals surface area contributed by atoms with Crippen LogP contribution in [0.4, 0.5) is 22.7 Å². The zero-order valence-electron chi connectivity index (χ0n) is 14.9. The fourth-order valence-electron chi connectivity index (χ4n) is 3.01. The molecule has 2 rings (SSSR count). The molecule has 0 amide bonds. The predicted molar refractivity (Wildman–Crippen MR) is 105 cm³/mol. The maximum Gasteiger partial charge on any atom is 0.0596 e. The Bertz CT molecular complexity index is 717. The van der Waals surface area contributed by atoms with Gasteiger partial charge in [0.1, 0.15) is 0 Å². The van der Waals surface area contributed by atoms with Crippen LogP contribution in [0.1, 0.15) is 16.7 Å². The Balaban J connectivity index is 2.34. The van der Waals surface area contributed by atoms with Crippen LogP contribution in [0.3, 0.4) is 0 Å². The summed E-state index contributed by atoms with van der Waals surface area (Å²) < 4.78 is 0. The van der Waals surface area contributed by atoms with E-state index < -0.39 is 0 Å². The van der Waals surface area contributed by atoms with Crippen molar-refractivity contribution in [3.8, 4) is 0 Å². The first kappa shape index (κ1) is 18.9. The minimum Gasteiger partial charge on any atom is -0.398 e. The van der Waals surface area contributed by atoms with E-state index in [-0.39, 0.29) is 13.2 Å². The van der Waals surface area contributed by atoms with E-state index in [1.54, 1.807) is 0 Å². The average Bonchev–Trinajstić information content (AvgIpc) is 2.59. The van der Waals surface area contributed by atoms with Gasteiger partial charge in [-0.25, -0.2) is 0 Å². The second-order valence-corrected chi connectivity index (χ2v) is 6.21. The molecule has 0 aliphatic rings. The van der Waals surface area contributed by atoms with E-state index in [0.29, 0.717) is 30.8 Å². The molecule has 0 unspecified atom stereocenters. The number of nitrogens with one attached hydrogen (secondary N) is 1. The summed E-state index contributed by atoms with van der Waals surface area (Å²) in [6.45, 7) is 0.513. The molecule has 0 saturated carbocycles. The summed E-state index contributed by atoms with van der Waals surface area (Å²) >= 11 is 0. The third-order valence-electron chi connectivity index (χ3n) is 4.30. The lowest BCUT2D eigenvalue weighted by Crippen LogP contribution is -2.15. The number of hydrogen-bond donors (Lipinski definition) is 5. The van der Waals surface area contributed by atoms with Crippen LogP contribution in [0.25, 0.3) is 0 Å². The van der Waals surface area contributed by atoms with Gasteiger partial charge in [-0.2, -0.15) is 0 Å². The molecule has 0 saturated heterocycles. The third kappa shape index (κ3) is 4.35. The fourth-order valence-corrected chi connectivity index (χ4v) is 3.01. The molecule has 25 heavy (non-hydrogen) atoms. The molecule has 136 valence electrons. The number of nitrogens with two attached hydrogens (primary N) is 2. The molecule has 0 spiro atoms. The fraction of sp³-hybridized carbons (Fsp3) is 0.368. The number of nitrogen functional groups attached to an aromatic ring is 2. The zero-order valence-corrected chi connectivity index (χ0v) is 14.9. The number of benzene rings is 2. The largest absolute Gasteiger partial charge is 0.398 e. The Morgan fingerprint density at radius 1 is 1.00 bits per heavy atom. The van der Waals surface area contributed by atoms with Gasteiger partial charge in [-0.1, -0.05) is 12.1 Å². The number of anilines is 4. The van der Waals surface area contributed by atoms with Gasteiger partial charge in [-0.05, 0) is 47.7 Å². The molecule has 2 aromatic carbocycles. The van der Waals surface area contributed by atoms with Crippen molar-refractivity contribution in [2.45, 2.75) is 19.4 Å². The number of para-hydroxylation sites is 2. The SMILES string of the molecule is CN(C)c1ccccc1NCc1c(N)cc(CCO)c(N)c1CCO. The number of nitrogens with zero attached hydrogens (tertiary/aromatic N) is 1. The molecule has 0 bridgehead atoms. The predicted octanol–water partition coefficient (Wildman–Crippen LogP) is 1.60. The molecule has 0 aliphatic carbocycles. The van der Waals surface area contributed by atoms with Gasteiger partial charge in [0.25, 0.3) is 0 Å². The van der Waals surface area contributed by atoms with Gasteiger partial charge >= 0.3 is 0 Å². The lowest BCUT2D eigenvalue weighted by molar-refractivity contribution is 0.298. The van der Waals surface area contributed by atoms with Crippen LogP contribution in [-0.2, 0) is 19.4 Å². The summed E-state index contributed by atoms with van der Waals surface area (Å²) in [4.78, 5) is 2.04. The monoisotopic (exact) mass is 344 g/mol. The standard InChI is InChI=1S/C19H28N4O2/c1-23(2)18-6-4-3-5-17(18)22-12-15-14(8-10-25)19(21)13(7-9-24)11-16(15)20/h3-6,11,22,24-25H,7-10,12,20-21H2,1-2H3. The van der Waals surface area contributed by atoms with E-state index in [0.717, 1.165) is 28.1 Å². The highest BCUT2D eigenvalue weighted by atomic mass is 16.3. The normalized spacial score (nSPS) is 10.7. The smallest absolute Gasteiger partial charge is 0.0596 e. The van der Waals surface area contributed by atoms with E-state index in [9.17, 15) is 10.2 Å². The minimum absolute atomic E-state index is 0.00645. The van der Waals surface area contributed by atoms with Crippen LogP contribution in [0.2, 0.25) is 0 Å². The highest BCUT2D eigenvalue weighted by molar-refractivity contribution is 5.71. The third-order valence-corrected chi connectivity index (χ3v) is 4.30. The Morgan fingerprint density at radius 2 is 1.68 bits per heavy atom. The molecule has 0 fully saturated rings. The minimum atomic E-state index is -0.00645. The highest BCUT2D eigenvalue weighted by Gasteiger charge is 2.15. The average molecular weight is 344 g/mol. The Kier molecular flexibility index (Phi) is 6.50. The topological polar surface area (TPSA) is 108 Å². The van der Waals surface area contributed by atoms with Crippen molar-refractivity contribution in [1.29, 1.82) is 0 Å². The molecule has 0 aromatic heterocycles. The number of aliphatic hydroxyl groups is 2. The lowest BCUT2D eigenvalue weighted by Gasteiger charge is -2.21. The van der Waals surface area contributed by atoms with Crippen LogP contribution in [0.5, 0.6) is 0 Å². The van der Waals surface area contributed by atoms with Gasteiger partial charge < -0.3 is 31.9 Å². The first-order valence-corrected chi connectivity index (χ1v) is 8.40. The molecule has 0 radical (unpaired) electrons. The van der Waals surface area contributed by atoms with Crippen LogP contribution in [-0.4, -0.2) is 37.5 Å². The van der Waals surface area contributed by atoms with Crippen molar-refractivity contribution in [2.24, 2.45) is 0 Å². The number of hydrogen-bond acceptors (Lipinski definition) is 6. The number of aliphatic hydroxyl groups excluding tert-OH is 2. The Morgan fingerprint density at radius 3 is 2.32 bits per heavy atom. The van der Waals surface area contributed by atoms with Crippen LogP contribution >= 0.6 is 0 Å². The molecule has 2 aromatic rings. The van der Waals surface area contributed by atoms with Gasteiger partial charge in [-0.15, -0.1) is 0 Å². The maximum atomic E-state index is 9.41. The first-order chi connectivity index (χ1) is 12.0. The lowest BCUT2D eigenvalue weighted by atomic mass is 9.95. The summed E-state index contributed by atoms with van der Waals surface area (Å²) in [5.41, 5.74) is 18.4. The highest BCUT2D eigenvalue weighted by Crippen LogP contribution is 2.31. The molecule has 0 aliphatic heterocycles. The van der Waals surface area contributed by atoms with E-state index in [1.165, 1.54) is 0 Å². The summed E-state index contributed by atoms with van der Waals surface area (Å²) in [6.07, 6.45) is 0.882. The second-order valence-electron chi connectivity index (χ2n) is 6.21. The van der Waals surface area contributed by atoms with Crippen molar-refractivity contribution >= 4 is 22.7 Å². The van der Waals surface area contributed by atoms with Gasteiger partial charge in [0, 0.05) is 45.2 Å². The molecule has 0 heterocycles. The van der Waals surface area contributed by atoms with Crippen molar-refractivity contribution in [3.63, 3.8) is 0 Å². The van der Waals surface area contributed by atoms with Gasteiger partial charge in [-0.3, -0.25) is 0 Å². The van der Waals surface area contributed by atoms with Crippen LogP contribution in [0.15, 0.2) is 30.3 Å². The molecule has 0 atom stereocenters. The molecule has 7 N–H and O–H groups in total. The number of rotatable bonds is 8. The summed E-state index contributed by atoms with van der Waals surface area (Å²) in [5.74, 6) is 0. The summed E-state index contributed by atoms with van der Waals surface area (Å²) in [6, 6.07) is 9.85. The molecular formula is C19H28N4O2. The molecule has 6 nitrogen and oxygen atoms in total. The van der Waals surface area contributed by atoms with E-state index in [4.69, 9.17) is 11.5 Å². The summed E-state index contributed by atoms with van der Waals surface area (Å²) in [7, 11) is 3.99. The van der Waals surface area contributed by atoms with Crippen LogP contribution in [0, 0.1) is 0 Å². The molecular weight excluding hydrogens is 316 g/mol. The van der Waals surface area contributed by atoms with Crippen molar-refractivity contribution < 1.29 is 10.2 Å². The van der Waals surface area contributed by atoms with Gasteiger partial charge in [0.15, 0.2) is 0 Å². The van der Waals surface area contributed by atoms with Crippen molar-refractivity contribution in [3.05, 3.63) is 47.0 Å². The summed E-state index contributed by atoms with van der Waals surface area (Å²) in [5, 5.41) is 22.0. The van der Waals surface area contributed by atoms with Crippen LogP contribution < -0.4 is 21.7 Å². The first-order valence-electron chi connectivity index (χ1n) is 8.40. The van der Waals surface area contributed by atoms with E-state index in [2.05, 4.69) is 5.32 Å². The van der Waals surface area contributed by atoms with E-state index >= 15 is 0 Å². The maximum absolute atomic E-state index is 9.41. The van der Waals surface area contributed by atoms with E-state index in [1.807, 2.05) is 49.3 Å². The van der Waals surface area contributed by atoms with Gasteiger partial charge in [0.05, 0.1) is 11.4 Å². The molecule has 6 heteroatoms. The Hall–Kier alpha value is -2.44. The van der Waals surface area contributed by atoms with Crippen molar-refractivity contribution in [2.75, 3.05) is 49.0 Å². The Labute approximate surface area is 149 Å². The van der Waals surface area contributed by atoms with Gasteiger partial charge in [0.2, 0.25) is 0 Å².